The zero-order valence-corrected chi connectivity index (χ0v) is 12.4. The number of aromatic nitrogens is 1. The van der Waals surface area contributed by atoms with Crippen molar-refractivity contribution in [3.05, 3.63) is 28.5 Å². The van der Waals surface area contributed by atoms with E-state index in [-0.39, 0.29) is 11.6 Å². The number of amides is 2. The van der Waals surface area contributed by atoms with Gasteiger partial charge in [0.15, 0.2) is 0 Å². The number of carbonyl (C=O) groups is 2. The van der Waals surface area contributed by atoms with E-state index in [1.807, 2.05) is 0 Å². The summed E-state index contributed by atoms with van der Waals surface area (Å²) in [5.41, 5.74) is 0.255. The van der Waals surface area contributed by atoms with Gasteiger partial charge in [-0.25, -0.2) is 4.98 Å². The molecule has 1 heterocycles. The maximum absolute atomic E-state index is 11.8. The lowest BCUT2D eigenvalue weighted by Crippen LogP contribution is -2.45. The van der Waals surface area contributed by atoms with Gasteiger partial charge in [-0.3, -0.25) is 9.59 Å². The number of carbonyl (C=O) groups excluding carboxylic acids is 2. The Hall–Kier alpha value is -1.47. The first-order chi connectivity index (χ1) is 9.04. The molecule has 1 rings (SSSR count). The Morgan fingerprint density at radius 2 is 2.21 bits per heavy atom. The van der Waals surface area contributed by atoms with E-state index in [2.05, 4.69) is 31.5 Å². The van der Waals surface area contributed by atoms with Gasteiger partial charge >= 0.3 is 0 Å². The first-order valence-corrected chi connectivity index (χ1v) is 6.54. The van der Waals surface area contributed by atoms with Crippen molar-refractivity contribution in [3.63, 3.8) is 0 Å². The Labute approximate surface area is 120 Å². The molecule has 0 aliphatic carbocycles. The van der Waals surface area contributed by atoms with Gasteiger partial charge in [-0.2, -0.15) is 0 Å². The fourth-order valence-corrected chi connectivity index (χ4v) is 1.64. The van der Waals surface area contributed by atoms with Crippen molar-refractivity contribution in [2.24, 2.45) is 0 Å². The molecule has 0 bridgehead atoms. The fraction of sp³-hybridized carbons (Fsp3) is 0.417. The van der Waals surface area contributed by atoms with Crippen molar-refractivity contribution in [2.75, 3.05) is 20.3 Å². The van der Waals surface area contributed by atoms with Crippen LogP contribution in [0, 0.1) is 0 Å². The van der Waals surface area contributed by atoms with Gasteiger partial charge in [0, 0.05) is 13.7 Å². The van der Waals surface area contributed by atoms with Gasteiger partial charge in [-0.1, -0.05) is 6.07 Å². The van der Waals surface area contributed by atoms with Crippen molar-refractivity contribution in [1.82, 2.24) is 15.6 Å². The number of pyridine rings is 1. The molecule has 0 aromatic carbocycles. The van der Waals surface area contributed by atoms with E-state index in [0.717, 1.165) is 0 Å². The molecule has 2 N–H and O–H groups in total. The largest absolute Gasteiger partial charge is 0.383 e. The lowest BCUT2D eigenvalue weighted by molar-refractivity contribution is -0.122. The van der Waals surface area contributed by atoms with Crippen LogP contribution < -0.4 is 10.6 Å². The van der Waals surface area contributed by atoms with Crippen molar-refractivity contribution in [2.45, 2.75) is 13.0 Å². The number of nitrogens with one attached hydrogen (secondary N) is 2. The summed E-state index contributed by atoms with van der Waals surface area (Å²) in [7, 11) is 1.55. The van der Waals surface area contributed by atoms with Gasteiger partial charge in [-0.05, 0) is 35.0 Å². The number of nitrogens with zero attached hydrogens (tertiary/aromatic N) is 1. The van der Waals surface area contributed by atoms with E-state index in [9.17, 15) is 9.59 Å². The number of halogens is 1. The second kappa shape index (κ2) is 7.85. The minimum absolute atomic E-state index is 0.255. The zero-order chi connectivity index (χ0) is 14.3. The summed E-state index contributed by atoms with van der Waals surface area (Å²) in [6.45, 7) is 2.45. The quantitative estimate of drug-likeness (QED) is 0.595. The second-order valence-corrected chi connectivity index (χ2v) is 4.64. The lowest BCUT2D eigenvalue weighted by Gasteiger charge is -2.13. The van der Waals surface area contributed by atoms with E-state index >= 15 is 0 Å². The summed E-state index contributed by atoms with van der Waals surface area (Å²) in [5.74, 6) is -0.656. The van der Waals surface area contributed by atoms with Crippen molar-refractivity contribution in [1.29, 1.82) is 0 Å². The van der Waals surface area contributed by atoms with Gasteiger partial charge in [0.1, 0.15) is 16.3 Å². The van der Waals surface area contributed by atoms with Crippen molar-refractivity contribution >= 4 is 27.7 Å². The van der Waals surface area contributed by atoms with Crippen LogP contribution in [0.2, 0.25) is 0 Å². The average Bonchev–Trinajstić information content (AvgIpc) is 2.38. The highest BCUT2D eigenvalue weighted by Crippen LogP contribution is 2.06. The molecule has 1 aromatic heterocycles. The number of hydrogen-bond acceptors (Lipinski definition) is 4. The van der Waals surface area contributed by atoms with Crippen LogP contribution >= 0.6 is 15.9 Å². The van der Waals surface area contributed by atoms with E-state index in [1.165, 1.54) is 0 Å². The predicted octanol–water partition coefficient (Wildman–Crippen LogP) is 0.725. The van der Waals surface area contributed by atoms with Crippen LogP contribution in [0.1, 0.15) is 17.4 Å². The molecule has 19 heavy (non-hydrogen) atoms. The van der Waals surface area contributed by atoms with E-state index in [0.29, 0.717) is 17.8 Å². The highest BCUT2D eigenvalue weighted by atomic mass is 79.9. The van der Waals surface area contributed by atoms with E-state index in [4.69, 9.17) is 4.74 Å². The maximum Gasteiger partial charge on any atom is 0.270 e. The zero-order valence-electron chi connectivity index (χ0n) is 10.8. The maximum atomic E-state index is 11.8. The molecule has 0 saturated carbocycles. The molecule has 7 heteroatoms. The highest BCUT2D eigenvalue weighted by Gasteiger charge is 2.16. The Balaban J connectivity index is 2.49. The molecule has 0 spiro atoms. The number of ether oxygens (including phenoxy) is 1. The average molecular weight is 330 g/mol. The van der Waals surface area contributed by atoms with Crippen LogP contribution in [0.5, 0.6) is 0 Å². The molecule has 1 aromatic rings. The molecule has 0 fully saturated rings. The topological polar surface area (TPSA) is 80.3 Å². The summed E-state index contributed by atoms with van der Waals surface area (Å²) in [6, 6.07) is 4.37. The Bertz CT molecular complexity index is 454. The first-order valence-electron chi connectivity index (χ1n) is 5.74. The number of methoxy groups -OCH3 is 1. The van der Waals surface area contributed by atoms with Crippen LogP contribution in [0.15, 0.2) is 22.8 Å². The monoisotopic (exact) mass is 329 g/mol. The Kier molecular flexibility index (Phi) is 6.44. The third-order valence-electron chi connectivity index (χ3n) is 2.29. The smallest absolute Gasteiger partial charge is 0.270 e. The molecule has 0 radical (unpaired) electrons. The minimum Gasteiger partial charge on any atom is -0.383 e. The normalized spacial score (nSPS) is 11.7. The Morgan fingerprint density at radius 3 is 2.84 bits per heavy atom. The molecule has 0 aliphatic rings. The van der Waals surface area contributed by atoms with Crippen LogP contribution in [-0.2, 0) is 9.53 Å². The molecule has 1 atom stereocenters. The molecular weight excluding hydrogens is 314 g/mol. The van der Waals surface area contributed by atoms with Crippen LogP contribution in [0.3, 0.4) is 0 Å². The number of hydrogen-bond donors (Lipinski definition) is 2. The number of rotatable bonds is 6. The van der Waals surface area contributed by atoms with Crippen molar-refractivity contribution in [3.8, 4) is 0 Å². The van der Waals surface area contributed by atoms with Crippen LogP contribution in [0.4, 0.5) is 0 Å². The van der Waals surface area contributed by atoms with Crippen LogP contribution in [0.25, 0.3) is 0 Å². The van der Waals surface area contributed by atoms with Gasteiger partial charge in [0.25, 0.3) is 5.91 Å². The second-order valence-electron chi connectivity index (χ2n) is 3.82. The van der Waals surface area contributed by atoms with Gasteiger partial charge < -0.3 is 15.4 Å². The van der Waals surface area contributed by atoms with Crippen molar-refractivity contribution < 1.29 is 14.3 Å². The first kappa shape index (κ1) is 15.6. The Morgan fingerprint density at radius 1 is 1.47 bits per heavy atom. The van der Waals surface area contributed by atoms with Gasteiger partial charge in [-0.15, -0.1) is 0 Å². The fourth-order valence-electron chi connectivity index (χ4n) is 1.30. The highest BCUT2D eigenvalue weighted by molar-refractivity contribution is 9.10. The van der Waals surface area contributed by atoms with Crippen LogP contribution in [-0.4, -0.2) is 43.1 Å². The standard InChI is InChI=1S/C12H16BrN3O3/c1-8(11(17)14-6-7-19-2)15-12(18)9-4-3-5-10(13)16-9/h3-5,8H,6-7H2,1-2H3,(H,14,17)(H,15,18). The van der Waals surface area contributed by atoms with Gasteiger partial charge in [0.2, 0.25) is 5.91 Å². The van der Waals surface area contributed by atoms with E-state index < -0.39 is 11.9 Å². The third-order valence-corrected chi connectivity index (χ3v) is 2.74. The summed E-state index contributed by atoms with van der Waals surface area (Å²) in [4.78, 5) is 27.5. The molecular formula is C12H16BrN3O3. The lowest BCUT2D eigenvalue weighted by atomic mass is 10.2. The molecule has 6 nitrogen and oxygen atoms in total. The van der Waals surface area contributed by atoms with Gasteiger partial charge in [0.05, 0.1) is 6.61 Å². The molecule has 0 aliphatic heterocycles. The predicted molar refractivity (Wildman–Crippen MR) is 73.8 cm³/mol. The third kappa shape index (κ3) is 5.35. The summed E-state index contributed by atoms with van der Waals surface area (Å²) in [6.07, 6.45) is 0. The SMILES string of the molecule is COCCNC(=O)C(C)NC(=O)c1cccc(Br)n1. The summed E-state index contributed by atoms with van der Waals surface area (Å²) in [5, 5.41) is 5.22. The molecule has 0 saturated heterocycles. The van der Waals surface area contributed by atoms with E-state index in [1.54, 1.807) is 32.2 Å². The molecule has 2 amide bonds. The summed E-state index contributed by atoms with van der Waals surface area (Å²) < 4.78 is 5.39. The molecule has 104 valence electrons. The minimum atomic E-state index is -0.634. The molecule has 1 unspecified atom stereocenters. The summed E-state index contributed by atoms with van der Waals surface area (Å²) >= 11 is 3.18.